The lowest BCUT2D eigenvalue weighted by molar-refractivity contribution is 0.0705. The van der Waals surface area contributed by atoms with Crippen LogP contribution in [0.3, 0.4) is 0 Å². The fourth-order valence-electron chi connectivity index (χ4n) is 2.62. The lowest BCUT2D eigenvalue weighted by Gasteiger charge is -2.28. The van der Waals surface area contributed by atoms with Gasteiger partial charge < -0.3 is 4.90 Å². The number of carbonyl (C=O) groups is 1. The Kier molecular flexibility index (Phi) is 4.10. The number of hydrogen-bond acceptors (Lipinski definition) is 3. The van der Waals surface area contributed by atoms with Crippen LogP contribution in [-0.2, 0) is 0 Å². The number of likely N-dealkylation sites (tertiary alicyclic amines) is 1. The summed E-state index contributed by atoms with van der Waals surface area (Å²) in [5.74, 6) is 0.715. The molecule has 102 valence electrons. The van der Waals surface area contributed by atoms with Crippen molar-refractivity contribution in [1.29, 1.82) is 0 Å². The van der Waals surface area contributed by atoms with Gasteiger partial charge in [0, 0.05) is 27.9 Å². The standard InChI is InChI=1S/C14H16ClNOS2/c15-9-10-4-2-1-3-6-16(10)14(17)13-8-12-11(19-13)5-7-18-12/h5,7-8,10H,1-4,6,9H2. The zero-order chi connectivity index (χ0) is 13.2. The van der Waals surface area contributed by atoms with Crippen LogP contribution in [0.5, 0.6) is 0 Å². The predicted octanol–water partition coefficient (Wildman–Crippen LogP) is 4.59. The van der Waals surface area contributed by atoms with Crippen LogP contribution in [0.15, 0.2) is 17.5 Å². The molecule has 1 amide bonds. The van der Waals surface area contributed by atoms with Gasteiger partial charge in [-0.05, 0) is 30.4 Å². The van der Waals surface area contributed by atoms with Crippen molar-refractivity contribution >= 4 is 49.6 Å². The van der Waals surface area contributed by atoms with Crippen molar-refractivity contribution in [2.45, 2.75) is 31.7 Å². The van der Waals surface area contributed by atoms with Crippen molar-refractivity contribution in [2.24, 2.45) is 0 Å². The first-order valence-corrected chi connectivity index (χ1v) is 8.86. The Bertz CT molecular complexity index is 548. The van der Waals surface area contributed by atoms with Crippen molar-refractivity contribution in [3.63, 3.8) is 0 Å². The second-order valence-corrected chi connectivity index (χ2v) is 7.26. The minimum Gasteiger partial charge on any atom is -0.334 e. The lowest BCUT2D eigenvalue weighted by Crippen LogP contribution is -2.40. The quantitative estimate of drug-likeness (QED) is 0.743. The van der Waals surface area contributed by atoms with E-state index in [1.165, 1.54) is 22.2 Å². The third-order valence-electron chi connectivity index (χ3n) is 3.67. The van der Waals surface area contributed by atoms with Crippen LogP contribution < -0.4 is 0 Å². The Morgan fingerprint density at radius 2 is 2.26 bits per heavy atom. The highest BCUT2D eigenvalue weighted by Crippen LogP contribution is 2.31. The predicted molar refractivity (Wildman–Crippen MR) is 83.7 cm³/mol. The number of thiophene rings is 2. The molecule has 1 saturated heterocycles. The number of rotatable bonds is 2. The summed E-state index contributed by atoms with van der Waals surface area (Å²) >= 11 is 9.35. The number of nitrogens with zero attached hydrogens (tertiary/aromatic N) is 1. The molecule has 5 heteroatoms. The summed E-state index contributed by atoms with van der Waals surface area (Å²) in [6, 6.07) is 4.32. The van der Waals surface area contributed by atoms with Crippen molar-refractivity contribution < 1.29 is 4.79 Å². The molecule has 0 saturated carbocycles. The van der Waals surface area contributed by atoms with E-state index in [0.29, 0.717) is 5.88 Å². The van der Waals surface area contributed by atoms with Crippen LogP contribution in [0.1, 0.15) is 35.4 Å². The molecule has 1 aliphatic heterocycles. The van der Waals surface area contributed by atoms with Crippen LogP contribution in [0.25, 0.3) is 9.40 Å². The van der Waals surface area contributed by atoms with Crippen LogP contribution in [-0.4, -0.2) is 29.3 Å². The van der Waals surface area contributed by atoms with Crippen molar-refractivity contribution in [1.82, 2.24) is 4.90 Å². The maximum Gasteiger partial charge on any atom is 0.264 e. The van der Waals surface area contributed by atoms with Crippen LogP contribution in [0.4, 0.5) is 0 Å². The number of hydrogen-bond donors (Lipinski definition) is 0. The summed E-state index contributed by atoms with van der Waals surface area (Å²) in [6.45, 7) is 0.849. The Balaban J connectivity index is 1.86. The highest BCUT2D eigenvalue weighted by molar-refractivity contribution is 7.27. The molecule has 19 heavy (non-hydrogen) atoms. The number of carbonyl (C=O) groups excluding carboxylic acids is 1. The van der Waals surface area contributed by atoms with Gasteiger partial charge in [-0.15, -0.1) is 34.3 Å². The first-order chi connectivity index (χ1) is 9.29. The molecule has 0 radical (unpaired) electrons. The van der Waals surface area contributed by atoms with Gasteiger partial charge in [0.15, 0.2) is 0 Å². The Labute approximate surface area is 126 Å². The summed E-state index contributed by atoms with van der Waals surface area (Å²) in [7, 11) is 0. The van der Waals surface area contributed by atoms with Gasteiger partial charge in [-0.2, -0.15) is 0 Å². The zero-order valence-corrected chi connectivity index (χ0v) is 13.0. The average molecular weight is 314 g/mol. The third kappa shape index (κ3) is 2.67. The van der Waals surface area contributed by atoms with E-state index in [1.54, 1.807) is 22.7 Å². The second kappa shape index (κ2) is 5.81. The molecular formula is C14H16ClNOS2. The Morgan fingerprint density at radius 1 is 1.37 bits per heavy atom. The zero-order valence-electron chi connectivity index (χ0n) is 10.6. The summed E-state index contributed by atoms with van der Waals surface area (Å²) in [4.78, 5) is 15.5. The number of alkyl halides is 1. The first-order valence-electron chi connectivity index (χ1n) is 6.63. The highest BCUT2D eigenvalue weighted by Gasteiger charge is 2.26. The SMILES string of the molecule is O=C(c1cc2sccc2s1)N1CCCCCC1CCl. The van der Waals surface area contributed by atoms with Gasteiger partial charge in [0.2, 0.25) is 0 Å². The molecule has 2 nitrogen and oxygen atoms in total. The molecule has 0 aromatic carbocycles. The van der Waals surface area contributed by atoms with Crippen molar-refractivity contribution in [3.05, 3.63) is 22.4 Å². The molecule has 1 fully saturated rings. The van der Waals surface area contributed by atoms with Crippen LogP contribution in [0.2, 0.25) is 0 Å². The van der Waals surface area contributed by atoms with E-state index in [4.69, 9.17) is 11.6 Å². The minimum absolute atomic E-state index is 0.168. The topological polar surface area (TPSA) is 20.3 Å². The average Bonchev–Trinajstić information content (AvgIpc) is 2.91. The third-order valence-corrected chi connectivity index (χ3v) is 6.10. The highest BCUT2D eigenvalue weighted by atomic mass is 35.5. The van der Waals surface area contributed by atoms with E-state index in [2.05, 4.69) is 11.4 Å². The van der Waals surface area contributed by atoms with Gasteiger partial charge in [0.25, 0.3) is 5.91 Å². The van der Waals surface area contributed by atoms with Gasteiger partial charge in [0.05, 0.1) is 4.88 Å². The van der Waals surface area contributed by atoms with E-state index < -0.39 is 0 Å². The molecule has 3 heterocycles. The molecule has 1 atom stereocenters. The molecule has 0 N–H and O–H groups in total. The van der Waals surface area contributed by atoms with E-state index in [9.17, 15) is 4.79 Å². The summed E-state index contributed by atoms with van der Waals surface area (Å²) in [5.41, 5.74) is 0. The lowest BCUT2D eigenvalue weighted by atomic mass is 10.1. The van der Waals surface area contributed by atoms with Crippen LogP contribution in [0, 0.1) is 0 Å². The first kappa shape index (κ1) is 13.4. The fraction of sp³-hybridized carbons (Fsp3) is 0.500. The van der Waals surface area contributed by atoms with E-state index in [1.807, 2.05) is 11.0 Å². The van der Waals surface area contributed by atoms with Gasteiger partial charge in [-0.25, -0.2) is 0 Å². The molecule has 0 bridgehead atoms. The van der Waals surface area contributed by atoms with Gasteiger partial charge in [-0.3, -0.25) is 4.79 Å². The summed E-state index contributed by atoms with van der Waals surface area (Å²) < 4.78 is 2.43. The molecule has 2 aromatic rings. The second-order valence-electron chi connectivity index (χ2n) is 4.92. The number of fused-ring (bicyclic) bond motifs is 1. The molecule has 3 rings (SSSR count). The van der Waals surface area contributed by atoms with Crippen molar-refractivity contribution in [3.8, 4) is 0 Å². The Hall–Kier alpha value is -0.580. The van der Waals surface area contributed by atoms with E-state index >= 15 is 0 Å². The van der Waals surface area contributed by atoms with Gasteiger partial charge in [-0.1, -0.05) is 12.8 Å². The van der Waals surface area contributed by atoms with Gasteiger partial charge >= 0.3 is 0 Å². The summed E-state index contributed by atoms with van der Waals surface area (Å²) in [5, 5.41) is 2.07. The number of halogens is 1. The Morgan fingerprint density at radius 3 is 3.05 bits per heavy atom. The maximum absolute atomic E-state index is 12.7. The molecule has 0 aliphatic carbocycles. The molecular weight excluding hydrogens is 298 g/mol. The smallest absolute Gasteiger partial charge is 0.264 e. The van der Waals surface area contributed by atoms with Crippen LogP contribution >= 0.6 is 34.3 Å². The normalized spacial score (nSPS) is 20.7. The van der Waals surface area contributed by atoms with E-state index in [-0.39, 0.29) is 11.9 Å². The fourth-order valence-corrected chi connectivity index (χ4v) is 5.00. The van der Waals surface area contributed by atoms with Gasteiger partial charge in [0.1, 0.15) is 0 Å². The molecule has 2 aromatic heterocycles. The summed E-state index contributed by atoms with van der Waals surface area (Å²) in [6.07, 6.45) is 4.52. The minimum atomic E-state index is 0.168. The number of amides is 1. The largest absolute Gasteiger partial charge is 0.334 e. The monoisotopic (exact) mass is 313 g/mol. The maximum atomic E-state index is 12.7. The molecule has 0 spiro atoms. The van der Waals surface area contributed by atoms with E-state index in [0.717, 1.165) is 24.3 Å². The van der Waals surface area contributed by atoms with Crippen molar-refractivity contribution in [2.75, 3.05) is 12.4 Å². The molecule has 1 aliphatic rings. The molecule has 1 unspecified atom stereocenters.